The van der Waals surface area contributed by atoms with Crippen molar-refractivity contribution in [3.8, 4) is 16.3 Å². The second-order valence-electron chi connectivity index (χ2n) is 8.60. The largest absolute Gasteiger partial charge is 0.503 e. The van der Waals surface area contributed by atoms with Crippen LogP contribution in [0.1, 0.15) is 40.9 Å². The first-order chi connectivity index (χ1) is 16.2. The fraction of sp³-hybridized carbons (Fsp3) is 0.391. The predicted octanol–water partition coefficient (Wildman–Crippen LogP) is 3.24. The summed E-state index contributed by atoms with van der Waals surface area (Å²) in [6.45, 7) is 5.07. The molecular weight excluding hydrogens is 466 g/mol. The predicted molar refractivity (Wildman–Crippen MR) is 122 cm³/mol. The van der Waals surface area contributed by atoms with Gasteiger partial charge >= 0.3 is 0 Å². The number of fused-ring (bicyclic) bond motifs is 1. The summed E-state index contributed by atoms with van der Waals surface area (Å²) in [5.74, 6) is -2.25. The molecule has 3 aromatic rings. The van der Waals surface area contributed by atoms with Crippen LogP contribution < -0.4 is 5.43 Å². The number of amides is 1. The number of nitrogens with zero attached hydrogens (tertiary/aromatic N) is 4. The van der Waals surface area contributed by atoms with Crippen molar-refractivity contribution in [3.63, 3.8) is 0 Å². The molecule has 0 saturated carbocycles. The lowest BCUT2D eigenvalue weighted by molar-refractivity contribution is 0.0553. The molecule has 0 saturated heterocycles. The highest BCUT2D eigenvalue weighted by atomic mass is 32.1. The van der Waals surface area contributed by atoms with E-state index in [1.165, 1.54) is 19.4 Å². The van der Waals surface area contributed by atoms with Crippen molar-refractivity contribution in [2.75, 3.05) is 26.8 Å². The number of hydrogen-bond donors (Lipinski definition) is 1. The Labute approximate surface area is 198 Å². The number of methoxy groups -OCH3 is 1. The summed E-state index contributed by atoms with van der Waals surface area (Å²) in [6.07, 6.45) is 1.56. The molecule has 3 heterocycles. The molecule has 0 radical (unpaired) electrons. The summed E-state index contributed by atoms with van der Waals surface area (Å²) in [6, 6.07) is 2.96. The monoisotopic (exact) mass is 490 g/mol. The van der Waals surface area contributed by atoms with E-state index >= 15 is 0 Å². The van der Waals surface area contributed by atoms with Crippen molar-refractivity contribution in [1.82, 2.24) is 19.7 Å². The number of carbonyl (C=O) groups excluding carboxylic acids is 1. The van der Waals surface area contributed by atoms with E-state index < -0.39 is 28.7 Å². The Morgan fingerprint density at radius 3 is 2.71 bits per heavy atom. The van der Waals surface area contributed by atoms with Crippen LogP contribution in [0.25, 0.3) is 10.6 Å². The molecule has 1 unspecified atom stereocenters. The Kier molecular flexibility index (Phi) is 6.76. The topological polar surface area (TPSA) is 97.6 Å². The van der Waals surface area contributed by atoms with Gasteiger partial charge in [-0.25, -0.2) is 8.78 Å². The minimum Gasteiger partial charge on any atom is -0.503 e. The van der Waals surface area contributed by atoms with Gasteiger partial charge < -0.3 is 19.3 Å². The van der Waals surface area contributed by atoms with Gasteiger partial charge in [-0.1, -0.05) is 31.3 Å². The quantitative estimate of drug-likeness (QED) is 0.546. The van der Waals surface area contributed by atoms with Crippen LogP contribution in [-0.2, 0) is 11.2 Å². The van der Waals surface area contributed by atoms with Gasteiger partial charge in [0.15, 0.2) is 16.5 Å². The molecule has 0 aliphatic carbocycles. The third kappa shape index (κ3) is 4.58. The van der Waals surface area contributed by atoms with Crippen LogP contribution in [0.5, 0.6) is 5.75 Å². The average Bonchev–Trinajstić information content (AvgIpc) is 3.23. The zero-order valence-electron chi connectivity index (χ0n) is 18.9. The van der Waals surface area contributed by atoms with Gasteiger partial charge in [0, 0.05) is 38.9 Å². The minimum atomic E-state index is -0.738. The summed E-state index contributed by atoms with van der Waals surface area (Å²) >= 11 is 1.06. The third-order valence-electron chi connectivity index (χ3n) is 5.52. The molecule has 180 valence electrons. The van der Waals surface area contributed by atoms with Crippen LogP contribution in [-0.4, -0.2) is 57.5 Å². The number of benzene rings is 1. The Bertz CT molecular complexity index is 1290. The number of pyridine rings is 1. The number of ether oxygens (including phenoxy) is 1. The highest BCUT2D eigenvalue weighted by molar-refractivity contribution is 7.14. The molecule has 0 fully saturated rings. The highest BCUT2D eigenvalue weighted by Crippen LogP contribution is 2.31. The Morgan fingerprint density at radius 1 is 1.26 bits per heavy atom. The summed E-state index contributed by atoms with van der Waals surface area (Å²) in [5, 5.41) is 19.5. The number of rotatable bonds is 7. The lowest BCUT2D eigenvalue weighted by atomic mass is 10.1. The van der Waals surface area contributed by atoms with Gasteiger partial charge in [0.05, 0.1) is 18.2 Å². The second-order valence-corrected chi connectivity index (χ2v) is 9.67. The van der Waals surface area contributed by atoms with Crippen molar-refractivity contribution in [1.29, 1.82) is 0 Å². The molecule has 1 atom stereocenters. The molecule has 1 aliphatic rings. The fourth-order valence-electron chi connectivity index (χ4n) is 4.03. The van der Waals surface area contributed by atoms with E-state index in [1.54, 1.807) is 9.47 Å². The second kappa shape index (κ2) is 9.59. The van der Waals surface area contributed by atoms with E-state index in [1.807, 2.05) is 13.8 Å². The maximum atomic E-state index is 14.0. The van der Waals surface area contributed by atoms with Crippen LogP contribution in [0.3, 0.4) is 0 Å². The molecule has 1 aromatic carbocycles. The molecule has 34 heavy (non-hydrogen) atoms. The molecule has 2 aromatic heterocycles. The molecule has 1 amide bonds. The Hall–Kier alpha value is -3.18. The molecule has 0 bridgehead atoms. The summed E-state index contributed by atoms with van der Waals surface area (Å²) < 4.78 is 34.1. The zero-order valence-corrected chi connectivity index (χ0v) is 19.7. The molecule has 1 aliphatic heterocycles. The first-order valence-electron chi connectivity index (χ1n) is 10.7. The molecule has 1 N–H and O–H groups in total. The van der Waals surface area contributed by atoms with Crippen LogP contribution in [0.15, 0.2) is 29.2 Å². The molecule has 8 nitrogen and oxygen atoms in total. The standard InChI is InChI=1S/C23H24F2N4O4S/c1-12(2)8-28-9-15(11-33-3)29-10-16(20(30)21(31)19(29)23(28)32)22-27-26-18(34-22)6-13-4-5-14(24)7-17(13)25/h4-5,7,10,12,15,31H,6,8-9,11H2,1-3H3. The number of hydrogen-bond acceptors (Lipinski definition) is 7. The van der Waals surface area contributed by atoms with E-state index in [0.29, 0.717) is 18.1 Å². The number of aromatic hydroxyl groups is 1. The first kappa shape index (κ1) is 24.0. The zero-order chi connectivity index (χ0) is 24.6. The fourth-order valence-corrected chi connectivity index (χ4v) is 4.90. The van der Waals surface area contributed by atoms with Gasteiger partial charge in [0.25, 0.3) is 5.91 Å². The molecule has 11 heteroatoms. The number of halogens is 2. The van der Waals surface area contributed by atoms with Crippen molar-refractivity contribution in [2.45, 2.75) is 26.3 Å². The maximum Gasteiger partial charge on any atom is 0.274 e. The average molecular weight is 491 g/mol. The van der Waals surface area contributed by atoms with Crippen LogP contribution in [0, 0.1) is 17.6 Å². The third-order valence-corrected chi connectivity index (χ3v) is 6.48. The van der Waals surface area contributed by atoms with Crippen LogP contribution in [0.2, 0.25) is 0 Å². The van der Waals surface area contributed by atoms with Gasteiger partial charge in [-0.05, 0) is 17.5 Å². The molecular formula is C23H24F2N4O4S. The molecule has 0 spiro atoms. The van der Waals surface area contributed by atoms with Crippen molar-refractivity contribution >= 4 is 17.2 Å². The smallest absolute Gasteiger partial charge is 0.274 e. The first-order valence-corrected chi connectivity index (χ1v) is 11.5. The molecule has 4 rings (SSSR count). The lowest BCUT2D eigenvalue weighted by Gasteiger charge is -2.37. The van der Waals surface area contributed by atoms with E-state index in [-0.39, 0.29) is 46.8 Å². The van der Waals surface area contributed by atoms with Gasteiger partial charge in [-0.15, -0.1) is 10.2 Å². The van der Waals surface area contributed by atoms with Gasteiger partial charge in [0.2, 0.25) is 5.43 Å². The van der Waals surface area contributed by atoms with Crippen molar-refractivity contribution in [2.24, 2.45) is 5.92 Å². The highest BCUT2D eigenvalue weighted by Gasteiger charge is 2.35. The SMILES string of the molecule is COCC1CN(CC(C)C)C(=O)c2c(O)c(=O)c(-c3nnc(Cc4ccc(F)cc4F)s3)cn21. The van der Waals surface area contributed by atoms with Crippen LogP contribution in [0.4, 0.5) is 8.78 Å². The lowest BCUT2D eigenvalue weighted by Crippen LogP contribution is -2.47. The summed E-state index contributed by atoms with van der Waals surface area (Å²) in [5.41, 5.74) is -0.500. The van der Waals surface area contributed by atoms with E-state index in [0.717, 1.165) is 23.5 Å². The van der Waals surface area contributed by atoms with Crippen molar-refractivity contribution in [3.05, 3.63) is 62.5 Å². The Morgan fingerprint density at radius 2 is 2.03 bits per heavy atom. The van der Waals surface area contributed by atoms with E-state index in [4.69, 9.17) is 4.74 Å². The summed E-state index contributed by atoms with van der Waals surface area (Å²) in [4.78, 5) is 27.7. The minimum absolute atomic E-state index is 0.0665. The summed E-state index contributed by atoms with van der Waals surface area (Å²) in [7, 11) is 1.54. The Balaban J connectivity index is 1.73. The normalized spacial score (nSPS) is 15.8. The van der Waals surface area contributed by atoms with E-state index in [2.05, 4.69) is 10.2 Å². The van der Waals surface area contributed by atoms with Gasteiger partial charge in [-0.2, -0.15) is 0 Å². The van der Waals surface area contributed by atoms with Gasteiger partial charge in [-0.3, -0.25) is 9.59 Å². The maximum absolute atomic E-state index is 14.0. The number of aromatic nitrogens is 3. The van der Waals surface area contributed by atoms with Crippen LogP contribution >= 0.6 is 11.3 Å². The van der Waals surface area contributed by atoms with Gasteiger partial charge in [0.1, 0.15) is 16.6 Å². The number of carbonyl (C=O) groups is 1. The van der Waals surface area contributed by atoms with E-state index in [9.17, 15) is 23.5 Å². The van der Waals surface area contributed by atoms with Crippen molar-refractivity contribution < 1.29 is 23.4 Å².